The van der Waals surface area contributed by atoms with Crippen LogP contribution in [0.2, 0.25) is 0 Å². The van der Waals surface area contributed by atoms with E-state index in [1.165, 1.54) is 0 Å². The van der Waals surface area contributed by atoms with Crippen LogP contribution in [0.15, 0.2) is 17.6 Å². The quantitative estimate of drug-likeness (QED) is 0.796. The lowest BCUT2D eigenvalue weighted by molar-refractivity contribution is 0.197. The van der Waals surface area contributed by atoms with Crippen molar-refractivity contribution in [2.45, 2.75) is 17.7 Å². The molecule has 0 bridgehead atoms. The maximum Gasteiger partial charge on any atom is 0.167 e. The molecule has 2 rings (SSSR count). The van der Waals surface area contributed by atoms with Crippen LogP contribution in [0.3, 0.4) is 0 Å². The van der Waals surface area contributed by atoms with Gasteiger partial charge in [0.05, 0.1) is 0 Å². The zero-order valence-corrected chi connectivity index (χ0v) is 9.63. The third kappa shape index (κ3) is 2.72. The molecule has 0 aliphatic carbocycles. The van der Waals surface area contributed by atoms with Crippen molar-refractivity contribution in [1.82, 2.24) is 14.9 Å². The largest absolute Gasteiger partial charge is 0.329 e. The molecule has 0 unspecified atom stereocenters. The molecule has 2 atom stereocenters. The van der Waals surface area contributed by atoms with E-state index in [1.54, 1.807) is 18.0 Å². The second-order valence-electron chi connectivity index (χ2n) is 3.90. The van der Waals surface area contributed by atoms with Gasteiger partial charge in [-0.05, 0) is 13.0 Å². The summed E-state index contributed by atoms with van der Waals surface area (Å²) in [7, 11) is 1.96. The van der Waals surface area contributed by atoms with Crippen LogP contribution in [-0.4, -0.2) is 34.6 Å². The number of imidazole rings is 1. The molecule has 3 nitrogen and oxygen atoms in total. The Morgan fingerprint density at radius 2 is 2.60 bits per heavy atom. The number of aromatic nitrogens is 2. The van der Waals surface area contributed by atoms with Gasteiger partial charge in [0.15, 0.2) is 5.16 Å². The van der Waals surface area contributed by atoms with E-state index in [4.69, 9.17) is 0 Å². The van der Waals surface area contributed by atoms with E-state index < -0.39 is 6.17 Å². The molecular weight excluding hydrogens is 213 g/mol. The molecule has 1 aromatic heterocycles. The van der Waals surface area contributed by atoms with Crippen molar-refractivity contribution < 1.29 is 4.39 Å². The van der Waals surface area contributed by atoms with Gasteiger partial charge in [-0.2, -0.15) is 0 Å². The first-order valence-corrected chi connectivity index (χ1v) is 6.21. The maximum absolute atomic E-state index is 13.5. The Bertz CT molecular complexity index is 315. The van der Waals surface area contributed by atoms with Gasteiger partial charge in [-0.1, -0.05) is 11.8 Å². The summed E-state index contributed by atoms with van der Waals surface area (Å²) in [5.41, 5.74) is 0. The highest BCUT2D eigenvalue weighted by Gasteiger charge is 2.24. The molecule has 5 heteroatoms. The van der Waals surface area contributed by atoms with Crippen molar-refractivity contribution >= 4 is 11.8 Å². The van der Waals surface area contributed by atoms with Crippen LogP contribution in [0, 0.1) is 5.92 Å². The smallest absolute Gasteiger partial charge is 0.167 e. The number of nitrogens with zero attached hydrogens (tertiary/aromatic N) is 2. The van der Waals surface area contributed by atoms with Crippen LogP contribution < -0.4 is 5.32 Å². The first-order chi connectivity index (χ1) is 7.27. The minimum atomic E-state index is -0.702. The Morgan fingerprint density at radius 3 is 3.27 bits per heavy atom. The molecule has 1 aromatic rings. The summed E-state index contributed by atoms with van der Waals surface area (Å²) < 4.78 is 15.4. The number of piperidine rings is 1. The SMILES string of the molecule is Cn1ccnc1SC[C@@H]1CCNC[C@H]1F. The average molecular weight is 229 g/mol. The van der Waals surface area contributed by atoms with Crippen molar-refractivity contribution in [1.29, 1.82) is 0 Å². The Balaban J connectivity index is 1.84. The van der Waals surface area contributed by atoms with Gasteiger partial charge in [-0.15, -0.1) is 0 Å². The zero-order chi connectivity index (χ0) is 10.7. The number of rotatable bonds is 3. The Morgan fingerprint density at radius 1 is 1.73 bits per heavy atom. The summed E-state index contributed by atoms with van der Waals surface area (Å²) in [6.45, 7) is 1.44. The Labute approximate surface area is 93.5 Å². The van der Waals surface area contributed by atoms with E-state index in [0.29, 0.717) is 6.54 Å². The molecule has 0 spiro atoms. The zero-order valence-electron chi connectivity index (χ0n) is 8.82. The molecule has 1 N–H and O–H groups in total. The predicted molar refractivity (Wildman–Crippen MR) is 59.8 cm³/mol. The molecule has 1 saturated heterocycles. The molecule has 0 amide bonds. The summed E-state index contributed by atoms with van der Waals surface area (Å²) >= 11 is 1.65. The monoisotopic (exact) mass is 229 g/mol. The van der Waals surface area contributed by atoms with Crippen LogP contribution >= 0.6 is 11.8 Å². The average Bonchev–Trinajstić information content (AvgIpc) is 2.63. The van der Waals surface area contributed by atoms with E-state index in [9.17, 15) is 4.39 Å². The topological polar surface area (TPSA) is 29.9 Å². The highest BCUT2D eigenvalue weighted by atomic mass is 32.2. The minimum absolute atomic E-state index is 0.174. The minimum Gasteiger partial charge on any atom is -0.329 e. The summed E-state index contributed by atoms with van der Waals surface area (Å²) in [5.74, 6) is 1.00. The number of halogens is 1. The first-order valence-electron chi connectivity index (χ1n) is 5.22. The van der Waals surface area contributed by atoms with E-state index in [-0.39, 0.29) is 5.92 Å². The number of alkyl halides is 1. The molecule has 1 aliphatic heterocycles. The van der Waals surface area contributed by atoms with Crippen molar-refractivity contribution in [3.8, 4) is 0 Å². The lowest BCUT2D eigenvalue weighted by Gasteiger charge is -2.26. The van der Waals surface area contributed by atoms with Gasteiger partial charge in [0.25, 0.3) is 0 Å². The van der Waals surface area contributed by atoms with Gasteiger partial charge in [-0.3, -0.25) is 0 Å². The van der Waals surface area contributed by atoms with Crippen LogP contribution in [0.25, 0.3) is 0 Å². The van der Waals surface area contributed by atoms with E-state index in [0.717, 1.165) is 23.9 Å². The van der Waals surface area contributed by atoms with Gasteiger partial charge in [0, 0.05) is 37.7 Å². The van der Waals surface area contributed by atoms with E-state index >= 15 is 0 Å². The number of hydrogen-bond donors (Lipinski definition) is 1. The van der Waals surface area contributed by atoms with Crippen molar-refractivity contribution in [3.63, 3.8) is 0 Å². The lowest BCUT2D eigenvalue weighted by Crippen LogP contribution is -2.39. The second-order valence-corrected chi connectivity index (χ2v) is 4.89. The number of nitrogens with one attached hydrogen (secondary N) is 1. The summed E-state index contributed by atoms with van der Waals surface area (Å²) in [4.78, 5) is 4.21. The van der Waals surface area contributed by atoms with Crippen LogP contribution in [0.1, 0.15) is 6.42 Å². The van der Waals surface area contributed by atoms with Gasteiger partial charge < -0.3 is 9.88 Å². The molecule has 1 fully saturated rings. The highest BCUT2D eigenvalue weighted by Crippen LogP contribution is 2.24. The second kappa shape index (κ2) is 4.99. The first kappa shape index (κ1) is 11.0. The number of aryl methyl sites for hydroxylation is 1. The lowest BCUT2D eigenvalue weighted by atomic mass is 9.99. The third-order valence-corrected chi connectivity index (χ3v) is 3.99. The molecular formula is C10H16FN3S. The summed E-state index contributed by atoms with van der Waals surface area (Å²) in [6.07, 6.45) is 3.92. The third-order valence-electron chi connectivity index (χ3n) is 2.75. The molecule has 84 valence electrons. The maximum atomic E-state index is 13.5. The van der Waals surface area contributed by atoms with Gasteiger partial charge in [0.2, 0.25) is 0 Å². The molecule has 15 heavy (non-hydrogen) atoms. The summed E-state index contributed by atoms with van der Waals surface area (Å²) in [5, 5.41) is 4.04. The molecule has 0 radical (unpaired) electrons. The van der Waals surface area contributed by atoms with Crippen LogP contribution in [0.4, 0.5) is 4.39 Å². The number of hydrogen-bond acceptors (Lipinski definition) is 3. The Hall–Kier alpha value is -0.550. The molecule has 0 saturated carbocycles. The fourth-order valence-electron chi connectivity index (χ4n) is 1.74. The summed E-state index contributed by atoms with van der Waals surface area (Å²) in [6, 6.07) is 0. The normalized spacial score (nSPS) is 26.8. The van der Waals surface area contributed by atoms with E-state index in [2.05, 4.69) is 10.3 Å². The van der Waals surface area contributed by atoms with Crippen molar-refractivity contribution in [3.05, 3.63) is 12.4 Å². The van der Waals surface area contributed by atoms with Crippen molar-refractivity contribution in [2.75, 3.05) is 18.8 Å². The fourth-order valence-corrected chi connectivity index (χ4v) is 2.87. The molecule has 0 aromatic carbocycles. The van der Waals surface area contributed by atoms with Crippen molar-refractivity contribution in [2.24, 2.45) is 13.0 Å². The molecule has 1 aliphatic rings. The molecule has 2 heterocycles. The highest BCUT2D eigenvalue weighted by molar-refractivity contribution is 7.99. The standard InChI is InChI=1S/C10H16FN3S/c1-14-5-4-13-10(14)15-7-8-2-3-12-6-9(8)11/h4-5,8-9,12H,2-3,6-7H2,1H3/t8-,9+/m0/s1. The van der Waals surface area contributed by atoms with Gasteiger partial charge >= 0.3 is 0 Å². The predicted octanol–water partition coefficient (Wildman–Crippen LogP) is 1.46. The van der Waals surface area contributed by atoms with Gasteiger partial charge in [0.1, 0.15) is 6.17 Å². The Kier molecular flexibility index (Phi) is 3.64. The van der Waals surface area contributed by atoms with Gasteiger partial charge in [-0.25, -0.2) is 9.37 Å². The fraction of sp³-hybridized carbons (Fsp3) is 0.700. The van der Waals surface area contributed by atoms with E-state index in [1.807, 2.05) is 17.8 Å². The number of thioether (sulfide) groups is 1. The van der Waals surface area contributed by atoms with Crippen LogP contribution in [0.5, 0.6) is 0 Å². The van der Waals surface area contributed by atoms with Crippen LogP contribution in [-0.2, 0) is 7.05 Å².